The van der Waals surface area contributed by atoms with Crippen LogP contribution in [0.25, 0.3) is 0 Å². The van der Waals surface area contributed by atoms with Gasteiger partial charge >= 0.3 is 0 Å². The molecule has 0 saturated carbocycles. The fourth-order valence-corrected chi connectivity index (χ4v) is 4.64. The number of fused-ring (bicyclic) bond motifs is 3. The number of rotatable bonds is 2. The first kappa shape index (κ1) is 18.8. The zero-order valence-electron chi connectivity index (χ0n) is 15.6. The van der Waals surface area contributed by atoms with Crippen molar-refractivity contribution in [3.63, 3.8) is 0 Å². The van der Waals surface area contributed by atoms with Crippen molar-refractivity contribution >= 4 is 23.4 Å². The molecular formula is C23H15ClF2N2O2. The molecule has 3 aromatic carbocycles. The van der Waals surface area contributed by atoms with Gasteiger partial charge in [-0.05, 0) is 36.4 Å². The molecule has 2 aliphatic rings. The molecule has 2 heterocycles. The lowest BCUT2D eigenvalue weighted by atomic mass is 9.89. The molecule has 0 N–H and O–H groups in total. The molecule has 2 aliphatic heterocycles. The third-order valence-corrected chi connectivity index (χ3v) is 6.02. The van der Waals surface area contributed by atoms with Crippen LogP contribution >= 0.6 is 11.6 Å². The van der Waals surface area contributed by atoms with Crippen molar-refractivity contribution < 1.29 is 18.4 Å². The standard InChI is InChI=1S/C23H15ClF2N2O2/c24-16-8-6-15(7-9-16)23-18-4-2-1-3-17(18)22(30)28(23)12-11-27(23)21(29)14-5-10-19(25)20(26)13-14/h1-10,13H,11-12H2/t23-/m1/s1. The molecule has 0 aromatic heterocycles. The number of carbonyl (C=O) groups excluding carboxylic acids is 2. The maximum absolute atomic E-state index is 13.8. The van der Waals surface area contributed by atoms with Gasteiger partial charge in [0.1, 0.15) is 0 Å². The fraction of sp³-hybridized carbons (Fsp3) is 0.130. The molecule has 5 rings (SSSR count). The van der Waals surface area contributed by atoms with Crippen LogP contribution in [-0.4, -0.2) is 34.7 Å². The number of nitrogens with zero attached hydrogens (tertiary/aromatic N) is 2. The predicted molar refractivity (Wildman–Crippen MR) is 107 cm³/mol. The van der Waals surface area contributed by atoms with Crippen LogP contribution in [0.5, 0.6) is 0 Å². The highest BCUT2D eigenvalue weighted by molar-refractivity contribution is 6.30. The molecule has 0 spiro atoms. The van der Waals surface area contributed by atoms with Crippen molar-refractivity contribution in [3.8, 4) is 0 Å². The Kier molecular flexibility index (Phi) is 4.15. The summed E-state index contributed by atoms with van der Waals surface area (Å²) >= 11 is 6.08. The Bertz CT molecular complexity index is 1200. The molecule has 0 aliphatic carbocycles. The first-order chi connectivity index (χ1) is 14.4. The molecule has 1 fully saturated rings. The number of amides is 2. The van der Waals surface area contributed by atoms with Crippen LogP contribution in [0.3, 0.4) is 0 Å². The van der Waals surface area contributed by atoms with E-state index in [1.807, 2.05) is 12.1 Å². The van der Waals surface area contributed by atoms with Gasteiger partial charge in [-0.15, -0.1) is 0 Å². The number of hydrogen-bond acceptors (Lipinski definition) is 2. The summed E-state index contributed by atoms with van der Waals surface area (Å²) in [4.78, 5) is 29.9. The molecule has 3 aromatic rings. The Morgan fingerprint density at radius 1 is 0.933 bits per heavy atom. The number of halogens is 3. The smallest absolute Gasteiger partial charge is 0.256 e. The number of hydrogen-bond donors (Lipinski definition) is 0. The molecule has 1 saturated heterocycles. The van der Waals surface area contributed by atoms with E-state index in [4.69, 9.17) is 11.6 Å². The molecule has 0 bridgehead atoms. The lowest BCUT2D eigenvalue weighted by Crippen LogP contribution is -2.51. The summed E-state index contributed by atoms with van der Waals surface area (Å²) in [5.74, 6) is -2.79. The zero-order valence-corrected chi connectivity index (χ0v) is 16.4. The molecule has 1 atom stereocenters. The summed E-state index contributed by atoms with van der Waals surface area (Å²) in [6.45, 7) is 0.562. The van der Waals surface area contributed by atoms with Crippen LogP contribution in [-0.2, 0) is 5.66 Å². The van der Waals surface area contributed by atoms with Crippen molar-refractivity contribution in [2.45, 2.75) is 5.66 Å². The minimum Gasteiger partial charge on any atom is -0.306 e. The maximum Gasteiger partial charge on any atom is 0.256 e. The predicted octanol–water partition coefficient (Wildman–Crippen LogP) is 4.43. The number of carbonyl (C=O) groups is 2. The Morgan fingerprint density at radius 3 is 2.40 bits per heavy atom. The van der Waals surface area contributed by atoms with Gasteiger partial charge in [0, 0.05) is 40.4 Å². The summed E-state index contributed by atoms with van der Waals surface area (Å²) in [5, 5.41) is 0.524. The van der Waals surface area contributed by atoms with E-state index in [1.165, 1.54) is 6.07 Å². The summed E-state index contributed by atoms with van der Waals surface area (Å²) in [7, 11) is 0. The average Bonchev–Trinajstić information content (AvgIpc) is 3.26. The van der Waals surface area contributed by atoms with E-state index in [1.54, 1.807) is 46.2 Å². The molecule has 0 radical (unpaired) electrons. The summed E-state index contributed by atoms with van der Waals surface area (Å²) in [6, 6.07) is 17.2. The van der Waals surface area contributed by atoms with Gasteiger partial charge in [0.05, 0.1) is 0 Å². The zero-order chi connectivity index (χ0) is 21.0. The highest BCUT2D eigenvalue weighted by Crippen LogP contribution is 2.50. The van der Waals surface area contributed by atoms with Gasteiger partial charge in [-0.2, -0.15) is 0 Å². The summed E-state index contributed by atoms with van der Waals surface area (Å²) in [6.07, 6.45) is 0. The molecule has 30 heavy (non-hydrogen) atoms. The lowest BCUT2D eigenvalue weighted by molar-refractivity contribution is 0.0375. The fourth-order valence-electron chi connectivity index (χ4n) is 4.51. The summed E-state index contributed by atoms with van der Waals surface area (Å²) in [5.41, 5.74) is 0.709. The summed E-state index contributed by atoms with van der Waals surface area (Å²) < 4.78 is 27.2. The first-order valence-corrected chi connectivity index (χ1v) is 9.77. The third kappa shape index (κ3) is 2.43. The highest BCUT2D eigenvalue weighted by Gasteiger charge is 2.59. The SMILES string of the molecule is O=C(c1ccc(F)c(F)c1)N1CCN2C(=O)c3ccccc3[C@]12c1ccc(Cl)cc1. The Hall–Kier alpha value is -3.25. The second kappa shape index (κ2) is 6.64. The largest absolute Gasteiger partial charge is 0.306 e. The Balaban J connectivity index is 1.74. The average molecular weight is 425 g/mol. The minimum absolute atomic E-state index is 0.0147. The van der Waals surface area contributed by atoms with E-state index in [2.05, 4.69) is 0 Å². The van der Waals surface area contributed by atoms with Crippen LogP contribution in [0.1, 0.15) is 31.8 Å². The normalized spacial score (nSPS) is 19.8. The molecule has 150 valence electrons. The molecule has 2 amide bonds. The van der Waals surface area contributed by atoms with Crippen LogP contribution in [0.4, 0.5) is 8.78 Å². The lowest BCUT2D eigenvalue weighted by Gasteiger charge is -2.40. The van der Waals surface area contributed by atoms with Gasteiger partial charge in [-0.3, -0.25) is 9.59 Å². The second-order valence-electron chi connectivity index (χ2n) is 7.27. The van der Waals surface area contributed by atoms with Gasteiger partial charge in [0.25, 0.3) is 11.8 Å². The van der Waals surface area contributed by atoms with Crippen LogP contribution in [0, 0.1) is 11.6 Å². The van der Waals surface area contributed by atoms with Crippen molar-refractivity contribution in [3.05, 3.63) is 106 Å². The van der Waals surface area contributed by atoms with Crippen molar-refractivity contribution in [1.29, 1.82) is 0 Å². The highest BCUT2D eigenvalue weighted by atomic mass is 35.5. The molecule has 7 heteroatoms. The first-order valence-electron chi connectivity index (χ1n) is 9.39. The molecule has 0 unspecified atom stereocenters. The number of benzene rings is 3. The minimum atomic E-state index is -1.18. The van der Waals surface area contributed by atoms with Crippen molar-refractivity contribution in [2.24, 2.45) is 0 Å². The van der Waals surface area contributed by atoms with Crippen LogP contribution < -0.4 is 0 Å². The van der Waals surface area contributed by atoms with Gasteiger partial charge < -0.3 is 9.80 Å². The molecular weight excluding hydrogens is 410 g/mol. The monoisotopic (exact) mass is 424 g/mol. The molecule has 4 nitrogen and oxygen atoms in total. The van der Waals surface area contributed by atoms with Gasteiger partial charge in [-0.1, -0.05) is 41.9 Å². The van der Waals surface area contributed by atoms with Crippen LogP contribution in [0.2, 0.25) is 5.02 Å². The van der Waals surface area contributed by atoms with E-state index in [0.717, 1.165) is 12.1 Å². The van der Waals surface area contributed by atoms with E-state index in [-0.39, 0.29) is 18.0 Å². The third-order valence-electron chi connectivity index (χ3n) is 5.77. The van der Waals surface area contributed by atoms with Crippen molar-refractivity contribution in [2.75, 3.05) is 13.1 Å². The van der Waals surface area contributed by atoms with Gasteiger partial charge in [0.15, 0.2) is 17.3 Å². The van der Waals surface area contributed by atoms with Crippen LogP contribution in [0.15, 0.2) is 66.7 Å². The van der Waals surface area contributed by atoms with Gasteiger partial charge in [-0.25, -0.2) is 8.78 Å². The van der Waals surface area contributed by atoms with E-state index in [9.17, 15) is 18.4 Å². The Labute approximate surface area is 176 Å². The second-order valence-corrected chi connectivity index (χ2v) is 7.70. The topological polar surface area (TPSA) is 40.6 Å². The van der Waals surface area contributed by atoms with E-state index in [0.29, 0.717) is 28.3 Å². The quantitative estimate of drug-likeness (QED) is 0.610. The Morgan fingerprint density at radius 2 is 1.67 bits per heavy atom. The van der Waals surface area contributed by atoms with Crippen molar-refractivity contribution in [1.82, 2.24) is 9.80 Å². The maximum atomic E-state index is 13.8. The van der Waals surface area contributed by atoms with E-state index < -0.39 is 23.2 Å². The van der Waals surface area contributed by atoms with E-state index >= 15 is 0 Å². The van der Waals surface area contributed by atoms with Gasteiger partial charge in [0.2, 0.25) is 0 Å².